The number of aromatic nitrogens is 1. The minimum absolute atomic E-state index is 0.0258. The van der Waals surface area contributed by atoms with Crippen molar-refractivity contribution in [2.24, 2.45) is 0 Å². The molecule has 6 rings (SSSR count). The van der Waals surface area contributed by atoms with Gasteiger partial charge >= 0.3 is 0 Å². The van der Waals surface area contributed by atoms with Crippen LogP contribution in [-0.4, -0.2) is 30.0 Å². The SMILES string of the molecule is COc1ccccc1-c1ccc(/C=C(\NC(=O)c2ccccc2)C(=O)Nc2ccc(S[C@@H](C(=O)Nc3cc(C)on3)c3ccccc3)cc2)o1. The third-order valence-corrected chi connectivity index (χ3v) is 8.67. The molecule has 0 fully saturated rings. The Morgan fingerprint density at radius 3 is 2.22 bits per heavy atom. The zero-order chi connectivity index (χ0) is 34.9. The van der Waals surface area contributed by atoms with Gasteiger partial charge in [0.15, 0.2) is 5.82 Å². The van der Waals surface area contributed by atoms with Crippen LogP contribution in [0.1, 0.15) is 32.7 Å². The van der Waals surface area contributed by atoms with Crippen molar-refractivity contribution in [3.63, 3.8) is 0 Å². The van der Waals surface area contributed by atoms with Gasteiger partial charge in [-0.25, -0.2) is 0 Å². The number of hydrogen-bond acceptors (Lipinski definition) is 8. The van der Waals surface area contributed by atoms with E-state index in [1.807, 2.05) is 66.7 Å². The second-order valence-corrected chi connectivity index (χ2v) is 12.2. The number of hydrogen-bond donors (Lipinski definition) is 3. The van der Waals surface area contributed by atoms with Crippen molar-refractivity contribution in [2.75, 3.05) is 17.7 Å². The molecule has 0 saturated heterocycles. The van der Waals surface area contributed by atoms with Crippen LogP contribution in [0.4, 0.5) is 11.5 Å². The minimum Gasteiger partial charge on any atom is -0.496 e. The van der Waals surface area contributed by atoms with Gasteiger partial charge in [0, 0.05) is 28.3 Å². The zero-order valence-electron chi connectivity index (χ0n) is 27.1. The van der Waals surface area contributed by atoms with Crippen LogP contribution in [0.15, 0.2) is 147 Å². The van der Waals surface area contributed by atoms with E-state index in [4.69, 9.17) is 13.7 Å². The number of methoxy groups -OCH3 is 1. The predicted octanol–water partition coefficient (Wildman–Crippen LogP) is 8.13. The lowest BCUT2D eigenvalue weighted by Gasteiger charge is -2.16. The summed E-state index contributed by atoms with van der Waals surface area (Å²) < 4.78 is 16.6. The maximum atomic E-state index is 13.6. The topological polar surface area (TPSA) is 136 Å². The van der Waals surface area contributed by atoms with Gasteiger partial charge in [0.2, 0.25) is 5.91 Å². The normalized spacial score (nSPS) is 11.8. The van der Waals surface area contributed by atoms with Gasteiger partial charge in [0.05, 0.1) is 12.7 Å². The van der Waals surface area contributed by atoms with E-state index in [0.717, 1.165) is 16.0 Å². The largest absolute Gasteiger partial charge is 0.496 e. The number of carbonyl (C=O) groups excluding carboxylic acids is 3. The van der Waals surface area contributed by atoms with Crippen molar-refractivity contribution >= 4 is 47.1 Å². The van der Waals surface area contributed by atoms with Crippen LogP contribution < -0.4 is 20.7 Å². The van der Waals surface area contributed by atoms with E-state index >= 15 is 0 Å². The molecule has 3 amide bonds. The molecule has 1 atom stereocenters. The molecular weight excluding hydrogens is 653 g/mol. The van der Waals surface area contributed by atoms with E-state index in [2.05, 4.69) is 21.1 Å². The van der Waals surface area contributed by atoms with Crippen molar-refractivity contribution in [2.45, 2.75) is 17.1 Å². The summed E-state index contributed by atoms with van der Waals surface area (Å²) in [6.07, 6.45) is 1.47. The molecule has 4 aromatic carbocycles. The summed E-state index contributed by atoms with van der Waals surface area (Å²) in [5, 5.41) is 11.7. The number of benzene rings is 4. The molecule has 0 bridgehead atoms. The lowest BCUT2D eigenvalue weighted by atomic mass is 10.1. The number of nitrogens with zero attached hydrogens (tertiary/aromatic N) is 1. The van der Waals surface area contributed by atoms with Crippen molar-refractivity contribution in [1.82, 2.24) is 10.5 Å². The minimum atomic E-state index is -0.592. The van der Waals surface area contributed by atoms with E-state index in [0.29, 0.717) is 40.1 Å². The number of amides is 3. The van der Waals surface area contributed by atoms with E-state index in [1.54, 1.807) is 74.7 Å². The summed E-state index contributed by atoms with van der Waals surface area (Å²) in [7, 11) is 1.58. The van der Waals surface area contributed by atoms with E-state index < -0.39 is 17.1 Å². The van der Waals surface area contributed by atoms with Gasteiger partial charge in [-0.05, 0) is 73.2 Å². The van der Waals surface area contributed by atoms with Gasteiger partial charge in [0.1, 0.15) is 34.0 Å². The standard InChI is InChI=1S/C39H32N4O6S/c1-25-23-35(43-49-25)42-39(46)36(26-11-5-3-6-12-26)50-30-20-17-28(18-21-30)40-38(45)32(41-37(44)27-13-7-4-8-14-27)24-29-19-22-34(48-29)31-15-9-10-16-33(31)47-2/h3-24,36H,1-2H3,(H,40,45)(H,41,44)(H,42,43,46)/b32-24-/t36-/m1/s1. The number of furan rings is 1. The molecule has 2 aromatic heterocycles. The highest BCUT2D eigenvalue weighted by atomic mass is 32.2. The molecule has 0 saturated carbocycles. The molecule has 0 unspecified atom stereocenters. The van der Waals surface area contributed by atoms with Gasteiger partial charge in [-0.2, -0.15) is 0 Å². The molecule has 3 N–H and O–H groups in total. The zero-order valence-corrected chi connectivity index (χ0v) is 27.9. The summed E-state index contributed by atoms with van der Waals surface area (Å²) in [4.78, 5) is 40.9. The van der Waals surface area contributed by atoms with Crippen molar-refractivity contribution in [1.29, 1.82) is 0 Å². The number of anilines is 2. The molecule has 2 heterocycles. The highest BCUT2D eigenvalue weighted by Crippen LogP contribution is 2.37. The van der Waals surface area contributed by atoms with Crippen molar-refractivity contribution < 1.29 is 28.1 Å². The molecule has 0 radical (unpaired) electrons. The second-order valence-electron chi connectivity index (χ2n) is 11.0. The summed E-state index contributed by atoms with van der Waals surface area (Å²) in [5.41, 5.74) is 2.39. The molecule has 0 aliphatic rings. The van der Waals surface area contributed by atoms with Gasteiger partial charge < -0.3 is 29.6 Å². The summed E-state index contributed by atoms with van der Waals surface area (Å²) >= 11 is 1.35. The first kappa shape index (κ1) is 33.6. The molecule has 10 nitrogen and oxygen atoms in total. The number of carbonyl (C=O) groups is 3. The highest BCUT2D eigenvalue weighted by molar-refractivity contribution is 8.00. The highest BCUT2D eigenvalue weighted by Gasteiger charge is 2.23. The monoisotopic (exact) mass is 684 g/mol. The lowest BCUT2D eigenvalue weighted by molar-refractivity contribution is -0.116. The Morgan fingerprint density at radius 1 is 0.820 bits per heavy atom. The third kappa shape index (κ3) is 8.38. The van der Waals surface area contributed by atoms with E-state index in [-0.39, 0.29) is 11.6 Å². The van der Waals surface area contributed by atoms with Crippen LogP contribution in [0.3, 0.4) is 0 Å². The van der Waals surface area contributed by atoms with Crippen LogP contribution in [-0.2, 0) is 9.59 Å². The lowest BCUT2D eigenvalue weighted by Crippen LogP contribution is -2.30. The fraction of sp³-hybridized carbons (Fsp3) is 0.0769. The average molecular weight is 685 g/mol. The maximum absolute atomic E-state index is 13.6. The maximum Gasteiger partial charge on any atom is 0.272 e. The number of nitrogens with one attached hydrogen (secondary N) is 3. The number of thioether (sulfide) groups is 1. The first-order valence-corrected chi connectivity index (χ1v) is 16.4. The summed E-state index contributed by atoms with van der Waals surface area (Å²) in [5.74, 6) is 1.16. The first-order chi connectivity index (χ1) is 24.4. The molecule has 11 heteroatoms. The molecule has 0 spiro atoms. The third-order valence-electron chi connectivity index (χ3n) is 7.40. The molecule has 0 aliphatic carbocycles. The van der Waals surface area contributed by atoms with Crippen LogP contribution in [0.5, 0.6) is 5.75 Å². The Bertz CT molecular complexity index is 2120. The Labute approximate surface area is 292 Å². The molecule has 0 aliphatic heterocycles. The molecule has 50 heavy (non-hydrogen) atoms. The van der Waals surface area contributed by atoms with Gasteiger partial charge in [0.25, 0.3) is 11.8 Å². The van der Waals surface area contributed by atoms with Crippen molar-refractivity contribution in [3.8, 4) is 17.1 Å². The Balaban J connectivity index is 1.21. The number of rotatable bonds is 12. The number of para-hydroxylation sites is 1. The summed E-state index contributed by atoms with van der Waals surface area (Å²) in [6, 6.07) is 37.6. The Kier molecular flexibility index (Phi) is 10.5. The Hall–Kier alpha value is -6.33. The number of ether oxygens (including phenoxy) is 1. The second kappa shape index (κ2) is 15.7. The molecule has 250 valence electrons. The van der Waals surface area contributed by atoms with Gasteiger partial charge in [-0.3, -0.25) is 14.4 Å². The predicted molar refractivity (Wildman–Crippen MR) is 193 cm³/mol. The van der Waals surface area contributed by atoms with Crippen LogP contribution in [0, 0.1) is 6.92 Å². The number of aryl methyl sites for hydroxylation is 1. The van der Waals surface area contributed by atoms with Crippen molar-refractivity contribution in [3.05, 3.63) is 156 Å². The van der Waals surface area contributed by atoms with Gasteiger partial charge in [-0.1, -0.05) is 65.8 Å². The summed E-state index contributed by atoms with van der Waals surface area (Å²) in [6.45, 7) is 1.75. The van der Waals surface area contributed by atoms with Crippen LogP contribution >= 0.6 is 11.8 Å². The van der Waals surface area contributed by atoms with Gasteiger partial charge in [-0.15, -0.1) is 11.8 Å². The van der Waals surface area contributed by atoms with Crippen LogP contribution in [0.25, 0.3) is 17.4 Å². The fourth-order valence-corrected chi connectivity index (χ4v) is 6.00. The molecular formula is C39H32N4O6S. The average Bonchev–Trinajstić information content (AvgIpc) is 3.79. The van der Waals surface area contributed by atoms with Crippen LogP contribution in [0.2, 0.25) is 0 Å². The quantitative estimate of drug-likeness (QED) is 0.0869. The van der Waals surface area contributed by atoms with E-state index in [9.17, 15) is 14.4 Å². The molecule has 6 aromatic rings. The fourth-order valence-electron chi connectivity index (χ4n) is 4.98. The first-order valence-electron chi connectivity index (χ1n) is 15.5. The smallest absolute Gasteiger partial charge is 0.272 e. The Morgan fingerprint density at radius 2 is 1.52 bits per heavy atom. The van der Waals surface area contributed by atoms with E-state index in [1.165, 1.54) is 17.8 Å².